The maximum absolute atomic E-state index is 11.5. The summed E-state index contributed by atoms with van der Waals surface area (Å²) in [6, 6.07) is 6.47. The van der Waals surface area contributed by atoms with Crippen LogP contribution < -0.4 is 5.32 Å². The lowest BCUT2D eigenvalue weighted by molar-refractivity contribution is -0.142. The van der Waals surface area contributed by atoms with E-state index in [1.807, 2.05) is 24.3 Å². The van der Waals surface area contributed by atoms with Gasteiger partial charge in [0.25, 0.3) is 0 Å². The van der Waals surface area contributed by atoms with Crippen LogP contribution in [0.15, 0.2) is 28.7 Å². The smallest absolute Gasteiger partial charge is 0.326 e. The van der Waals surface area contributed by atoms with Gasteiger partial charge in [-0.3, -0.25) is 4.79 Å². The quantitative estimate of drug-likeness (QED) is 0.876. The third-order valence-corrected chi connectivity index (χ3v) is 3.29. The molecule has 0 aliphatic heterocycles. The molecule has 0 radical (unpaired) electrons. The van der Waals surface area contributed by atoms with E-state index in [0.29, 0.717) is 0 Å². The molecule has 0 heterocycles. The molecule has 0 spiro atoms. The summed E-state index contributed by atoms with van der Waals surface area (Å²) in [5, 5.41) is 11.7. The Morgan fingerprint density at radius 3 is 2.44 bits per heavy atom. The van der Waals surface area contributed by atoms with E-state index in [9.17, 15) is 9.59 Å². The van der Waals surface area contributed by atoms with Crippen LogP contribution in [0.25, 0.3) is 0 Å². The number of aliphatic carboxylic acids is 1. The zero-order valence-corrected chi connectivity index (χ0v) is 11.9. The number of nitrogens with one attached hydrogen (secondary N) is 1. The molecule has 0 saturated carbocycles. The fourth-order valence-electron chi connectivity index (χ4n) is 1.42. The van der Waals surface area contributed by atoms with Gasteiger partial charge < -0.3 is 10.4 Å². The average molecular weight is 314 g/mol. The Balaban J connectivity index is 2.79. The van der Waals surface area contributed by atoms with Gasteiger partial charge in [-0.15, -0.1) is 0 Å². The van der Waals surface area contributed by atoms with Gasteiger partial charge in [0.05, 0.1) is 0 Å². The minimum atomic E-state index is -1.03. The van der Waals surface area contributed by atoms with Crippen LogP contribution in [0.1, 0.15) is 19.4 Å². The summed E-state index contributed by atoms with van der Waals surface area (Å²) in [4.78, 5) is 22.7. The largest absolute Gasteiger partial charge is 0.480 e. The molecule has 1 aromatic carbocycles. The Bertz CT molecular complexity index is 446. The molecule has 1 atom stereocenters. The van der Waals surface area contributed by atoms with Crippen LogP contribution in [-0.4, -0.2) is 23.0 Å². The van der Waals surface area contributed by atoms with Crippen LogP contribution in [0, 0.1) is 5.92 Å². The number of hydrogen-bond acceptors (Lipinski definition) is 2. The molecule has 2 N–H and O–H groups in total. The zero-order chi connectivity index (χ0) is 13.7. The van der Waals surface area contributed by atoms with Gasteiger partial charge in [0.15, 0.2) is 0 Å². The molecular formula is C13H16BrNO3. The fourth-order valence-corrected chi connectivity index (χ4v) is 1.87. The predicted octanol–water partition coefficient (Wildman–Crippen LogP) is 2.22. The monoisotopic (exact) mass is 313 g/mol. The third-order valence-electron chi connectivity index (χ3n) is 2.52. The minimum Gasteiger partial charge on any atom is -0.480 e. The molecule has 0 bridgehead atoms. The standard InChI is InChI=1S/C13H16BrNO3/c1-8(2)12(16)15-11(13(17)18)7-9-5-3-4-6-10(9)14/h3-6,8,11H,7H2,1-2H3,(H,15,16)(H,17,18)/t11-/m0/s1. The maximum atomic E-state index is 11.5. The van der Waals surface area contributed by atoms with Crippen LogP contribution in [0.4, 0.5) is 0 Å². The summed E-state index contributed by atoms with van der Waals surface area (Å²) in [7, 11) is 0. The van der Waals surface area contributed by atoms with Crippen molar-refractivity contribution in [3.8, 4) is 0 Å². The topological polar surface area (TPSA) is 66.4 Å². The average Bonchev–Trinajstić information content (AvgIpc) is 2.30. The van der Waals surface area contributed by atoms with Crippen LogP contribution in [0.5, 0.6) is 0 Å². The molecule has 1 amide bonds. The fraction of sp³-hybridized carbons (Fsp3) is 0.385. The summed E-state index contributed by atoms with van der Waals surface area (Å²) in [5.74, 6) is -1.51. The number of halogens is 1. The molecule has 1 aromatic rings. The van der Waals surface area contributed by atoms with Gasteiger partial charge in [-0.25, -0.2) is 4.79 Å². The number of rotatable bonds is 5. The van der Waals surface area contributed by atoms with E-state index in [1.54, 1.807) is 13.8 Å². The zero-order valence-electron chi connectivity index (χ0n) is 10.3. The van der Waals surface area contributed by atoms with Gasteiger partial charge in [0, 0.05) is 16.8 Å². The Hall–Kier alpha value is -1.36. The first-order chi connectivity index (χ1) is 8.41. The Labute approximate surface area is 115 Å². The lowest BCUT2D eigenvalue weighted by atomic mass is 10.1. The first kappa shape index (κ1) is 14.7. The summed E-state index contributed by atoms with van der Waals surface area (Å²) >= 11 is 3.36. The number of carboxylic acids is 1. The van der Waals surface area contributed by atoms with Crippen LogP contribution >= 0.6 is 15.9 Å². The Morgan fingerprint density at radius 1 is 1.33 bits per heavy atom. The van der Waals surface area contributed by atoms with Gasteiger partial charge in [-0.2, -0.15) is 0 Å². The van der Waals surface area contributed by atoms with E-state index in [-0.39, 0.29) is 18.2 Å². The van der Waals surface area contributed by atoms with Gasteiger partial charge in [0.1, 0.15) is 6.04 Å². The summed E-state index contributed by atoms with van der Waals surface area (Å²) < 4.78 is 0.843. The highest BCUT2D eigenvalue weighted by molar-refractivity contribution is 9.10. The Kier molecular flexibility index (Phi) is 5.34. The molecule has 0 aliphatic carbocycles. The third kappa shape index (κ3) is 4.14. The van der Waals surface area contributed by atoms with E-state index in [4.69, 9.17) is 5.11 Å². The molecule has 0 aliphatic rings. The number of benzene rings is 1. The van der Waals surface area contributed by atoms with E-state index < -0.39 is 12.0 Å². The molecule has 1 rings (SSSR count). The molecule has 98 valence electrons. The summed E-state index contributed by atoms with van der Waals surface area (Å²) in [6.45, 7) is 3.46. The van der Waals surface area contributed by atoms with E-state index in [0.717, 1.165) is 10.0 Å². The first-order valence-electron chi connectivity index (χ1n) is 5.68. The minimum absolute atomic E-state index is 0.230. The van der Waals surface area contributed by atoms with Crippen molar-refractivity contribution in [3.63, 3.8) is 0 Å². The molecule has 18 heavy (non-hydrogen) atoms. The highest BCUT2D eigenvalue weighted by Gasteiger charge is 2.22. The van der Waals surface area contributed by atoms with E-state index in [1.165, 1.54) is 0 Å². The lowest BCUT2D eigenvalue weighted by Crippen LogP contribution is -2.44. The number of carbonyl (C=O) groups excluding carboxylic acids is 1. The second-order valence-corrected chi connectivity index (χ2v) is 5.20. The highest BCUT2D eigenvalue weighted by Crippen LogP contribution is 2.17. The predicted molar refractivity (Wildman–Crippen MR) is 72.3 cm³/mol. The number of hydrogen-bond donors (Lipinski definition) is 2. The van der Waals surface area contributed by atoms with E-state index >= 15 is 0 Å². The highest BCUT2D eigenvalue weighted by atomic mass is 79.9. The summed E-state index contributed by atoms with van der Waals surface area (Å²) in [6.07, 6.45) is 0.259. The van der Waals surface area contributed by atoms with Gasteiger partial charge >= 0.3 is 5.97 Å². The number of carbonyl (C=O) groups is 2. The normalized spacial score (nSPS) is 12.2. The molecule has 5 heteroatoms. The van der Waals surface area contributed by atoms with Crippen molar-refractivity contribution in [1.29, 1.82) is 0 Å². The van der Waals surface area contributed by atoms with Crippen LogP contribution in [0.2, 0.25) is 0 Å². The van der Waals surface area contributed by atoms with Crippen molar-refractivity contribution in [1.82, 2.24) is 5.32 Å². The first-order valence-corrected chi connectivity index (χ1v) is 6.47. The molecule has 0 fully saturated rings. The van der Waals surface area contributed by atoms with Gasteiger partial charge in [0.2, 0.25) is 5.91 Å². The SMILES string of the molecule is CC(C)C(=O)N[C@@H](Cc1ccccc1Br)C(=O)O. The van der Waals surface area contributed by atoms with Crippen LogP contribution in [0.3, 0.4) is 0 Å². The number of carboxylic acid groups (broad SMARTS) is 1. The van der Waals surface area contributed by atoms with Crippen molar-refractivity contribution < 1.29 is 14.7 Å². The van der Waals surface area contributed by atoms with Crippen molar-refractivity contribution in [3.05, 3.63) is 34.3 Å². The van der Waals surface area contributed by atoms with Crippen molar-refractivity contribution >= 4 is 27.8 Å². The van der Waals surface area contributed by atoms with Gasteiger partial charge in [-0.05, 0) is 11.6 Å². The second-order valence-electron chi connectivity index (χ2n) is 4.35. The summed E-state index contributed by atoms with van der Waals surface area (Å²) in [5.41, 5.74) is 0.856. The lowest BCUT2D eigenvalue weighted by Gasteiger charge is -2.16. The molecule has 0 unspecified atom stereocenters. The molecular weight excluding hydrogens is 298 g/mol. The van der Waals surface area contributed by atoms with Gasteiger partial charge in [-0.1, -0.05) is 48.0 Å². The van der Waals surface area contributed by atoms with Crippen molar-refractivity contribution in [2.24, 2.45) is 5.92 Å². The molecule has 0 aromatic heterocycles. The maximum Gasteiger partial charge on any atom is 0.326 e. The Morgan fingerprint density at radius 2 is 1.94 bits per heavy atom. The molecule has 0 saturated heterocycles. The van der Waals surface area contributed by atoms with E-state index in [2.05, 4.69) is 21.2 Å². The second kappa shape index (κ2) is 6.54. The van der Waals surface area contributed by atoms with Crippen molar-refractivity contribution in [2.45, 2.75) is 26.3 Å². The van der Waals surface area contributed by atoms with Crippen LogP contribution in [-0.2, 0) is 16.0 Å². The number of amides is 1. The molecule has 4 nitrogen and oxygen atoms in total. The van der Waals surface area contributed by atoms with Crippen molar-refractivity contribution in [2.75, 3.05) is 0 Å².